The van der Waals surface area contributed by atoms with Gasteiger partial charge in [-0.15, -0.1) is 0 Å². The number of rotatable bonds is 8. The van der Waals surface area contributed by atoms with Crippen LogP contribution < -0.4 is 0 Å². The highest BCUT2D eigenvalue weighted by molar-refractivity contribution is 9.10. The van der Waals surface area contributed by atoms with Crippen molar-refractivity contribution in [1.82, 2.24) is 0 Å². The van der Waals surface area contributed by atoms with Crippen LogP contribution in [-0.4, -0.2) is 18.5 Å². The first-order chi connectivity index (χ1) is 8.26. The van der Waals surface area contributed by atoms with E-state index in [1.165, 1.54) is 5.56 Å². The van der Waals surface area contributed by atoms with E-state index in [9.17, 15) is 0 Å². The summed E-state index contributed by atoms with van der Waals surface area (Å²) < 4.78 is 6.70. The number of hydrogen-bond acceptors (Lipinski definition) is 1. The van der Waals surface area contributed by atoms with Crippen molar-refractivity contribution in [3.05, 3.63) is 34.3 Å². The molecule has 3 heteroatoms. The van der Waals surface area contributed by atoms with Crippen LogP contribution >= 0.6 is 31.9 Å². The van der Waals surface area contributed by atoms with E-state index >= 15 is 0 Å². The van der Waals surface area contributed by atoms with Crippen molar-refractivity contribution in [2.45, 2.75) is 26.2 Å². The van der Waals surface area contributed by atoms with Crippen molar-refractivity contribution in [2.75, 3.05) is 18.5 Å². The summed E-state index contributed by atoms with van der Waals surface area (Å²) >= 11 is 7.10. The first-order valence-corrected chi connectivity index (χ1v) is 8.05. The summed E-state index contributed by atoms with van der Waals surface area (Å²) in [7, 11) is 0. The SMILES string of the molecule is CCCOCCC(CBr)Cc1cccc(Br)c1. The summed E-state index contributed by atoms with van der Waals surface area (Å²) in [5.74, 6) is 0.654. The molecule has 0 fully saturated rings. The second-order valence-corrected chi connectivity index (χ2v) is 5.82. The third kappa shape index (κ3) is 6.58. The molecular formula is C14H20Br2O. The zero-order valence-corrected chi connectivity index (χ0v) is 13.5. The van der Waals surface area contributed by atoms with Gasteiger partial charge in [0, 0.05) is 23.0 Å². The summed E-state index contributed by atoms with van der Waals surface area (Å²) in [5, 5.41) is 1.04. The molecule has 96 valence electrons. The van der Waals surface area contributed by atoms with E-state index < -0.39 is 0 Å². The smallest absolute Gasteiger partial charge is 0.0469 e. The summed E-state index contributed by atoms with van der Waals surface area (Å²) in [6.07, 6.45) is 3.34. The lowest BCUT2D eigenvalue weighted by Gasteiger charge is -2.14. The van der Waals surface area contributed by atoms with Crippen LogP contribution in [0.1, 0.15) is 25.3 Å². The van der Waals surface area contributed by atoms with Crippen molar-refractivity contribution in [3.8, 4) is 0 Å². The molecule has 17 heavy (non-hydrogen) atoms. The van der Waals surface area contributed by atoms with Gasteiger partial charge >= 0.3 is 0 Å². The van der Waals surface area contributed by atoms with Crippen LogP contribution in [0.3, 0.4) is 0 Å². The van der Waals surface area contributed by atoms with Gasteiger partial charge in [-0.05, 0) is 42.9 Å². The summed E-state index contributed by atoms with van der Waals surface area (Å²) in [6, 6.07) is 8.55. The van der Waals surface area contributed by atoms with Crippen LogP contribution in [-0.2, 0) is 11.2 Å². The third-order valence-corrected chi connectivity index (χ3v) is 4.06. The monoisotopic (exact) mass is 362 g/mol. The molecule has 1 unspecified atom stereocenters. The largest absolute Gasteiger partial charge is 0.381 e. The lowest BCUT2D eigenvalue weighted by molar-refractivity contribution is 0.123. The van der Waals surface area contributed by atoms with E-state index in [0.717, 1.165) is 42.3 Å². The molecule has 0 spiro atoms. The van der Waals surface area contributed by atoms with Crippen LogP contribution in [0.25, 0.3) is 0 Å². The van der Waals surface area contributed by atoms with Crippen LogP contribution in [0.15, 0.2) is 28.7 Å². The maximum absolute atomic E-state index is 5.55. The lowest BCUT2D eigenvalue weighted by Crippen LogP contribution is -2.10. The zero-order valence-electron chi connectivity index (χ0n) is 10.3. The number of benzene rings is 1. The number of hydrogen-bond donors (Lipinski definition) is 0. The molecule has 1 aromatic rings. The highest BCUT2D eigenvalue weighted by Crippen LogP contribution is 2.18. The van der Waals surface area contributed by atoms with Crippen LogP contribution in [0.4, 0.5) is 0 Å². The number of halogens is 2. The fraction of sp³-hybridized carbons (Fsp3) is 0.571. The summed E-state index contributed by atoms with van der Waals surface area (Å²) in [4.78, 5) is 0. The molecule has 0 bridgehead atoms. The molecule has 0 saturated heterocycles. The maximum atomic E-state index is 5.55. The summed E-state index contributed by atoms with van der Waals surface area (Å²) in [6.45, 7) is 3.90. The Morgan fingerprint density at radius 2 is 2.12 bits per heavy atom. The average Bonchev–Trinajstić information content (AvgIpc) is 2.33. The van der Waals surface area contributed by atoms with Crippen molar-refractivity contribution in [1.29, 1.82) is 0 Å². The van der Waals surface area contributed by atoms with E-state index in [1.54, 1.807) is 0 Å². The molecule has 0 saturated carbocycles. The van der Waals surface area contributed by atoms with Gasteiger partial charge in [-0.1, -0.05) is 50.9 Å². The Hall–Kier alpha value is 0.140. The van der Waals surface area contributed by atoms with Crippen molar-refractivity contribution in [3.63, 3.8) is 0 Å². The number of ether oxygens (including phenoxy) is 1. The summed E-state index contributed by atoms with van der Waals surface area (Å²) in [5.41, 5.74) is 1.39. The first-order valence-electron chi connectivity index (χ1n) is 6.14. The van der Waals surface area contributed by atoms with Gasteiger partial charge in [-0.25, -0.2) is 0 Å². The average molecular weight is 364 g/mol. The predicted molar refractivity (Wildman–Crippen MR) is 80.9 cm³/mol. The second kappa shape index (κ2) is 9.12. The Bertz CT molecular complexity index is 315. The van der Waals surface area contributed by atoms with Crippen LogP contribution in [0, 0.1) is 5.92 Å². The Morgan fingerprint density at radius 1 is 1.29 bits per heavy atom. The first kappa shape index (κ1) is 15.2. The molecule has 0 aliphatic carbocycles. The predicted octanol–water partition coefficient (Wildman–Crippen LogP) is 4.82. The molecule has 0 heterocycles. The molecule has 0 N–H and O–H groups in total. The quantitative estimate of drug-likeness (QED) is 0.475. The maximum Gasteiger partial charge on any atom is 0.0469 e. The molecule has 1 aromatic carbocycles. The fourth-order valence-electron chi connectivity index (χ4n) is 1.73. The fourth-order valence-corrected chi connectivity index (χ4v) is 2.73. The Balaban J connectivity index is 2.35. The molecule has 0 radical (unpaired) electrons. The van der Waals surface area contributed by atoms with Gasteiger partial charge in [0.1, 0.15) is 0 Å². The Kier molecular flexibility index (Phi) is 8.15. The van der Waals surface area contributed by atoms with Gasteiger partial charge < -0.3 is 4.74 Å². The normalized spacial score (nSPS) is 12.6. The molecular weight excluding hydrogens is 344 g/mol. The standard InChI is InChI=1S/C14H20Br2O/c1-2-7-17-8-6-13(11-15)9-12-4-3-5-14(16)10-12/h3-5,10,13H,2,6-9,11H2,1H3. The van der Waals surface area contributed by atoms with E-state index in [0.29, 0.717) is 5.92 Å². The van der Waals surface area contributed by atoms with Gasteiger partial charge in [-0.3, -0.25) is 0 Å². The van der Waals surface area contributed by atoms with Crippen LogP contribution in [0.2, 0.25) is 0 Å². The third-order valence-electron chi connectivity index (χ3n) is 2.65. The van der Waals surface area contributed by atoms with Gasteiger partial charge in [0.15, 0.2) is 0 Å². The minimum atomic E-state index is 0.654. The molecule has 0 aliphatic rings. The van der Waals surface area contributed by atoms with E-state index in [1.807, 2.05) is 0 Å². The van der Waals surface area contributed by atoms with Gasteiger partial charge in [0.2, 0.25) is 0 Å². The van der Waals surface area contributed by atoms with E-state index in [-0.39, 0.29) is 0 Å². The highest BCUT2D eigenvalue weighted by Gasteiger charge is 2.08. The van der Waals surface area contributed by atoms with Crippen molar-refractivity contribution >= 4 is 31.9 Å². The molecule has 0 aromatic heterocycles. The molecule has 0 amide bonds. The zero-order chi connectivity index (χ0) is 12.5. The van der Waals surface area contributed by atoms with Crippen molar-refractivity contribution < 1.29 is 4.74 Å². The topological polar surface area (TPSA) is 9.23 Å². The van der Waals surface area contributed by atoms with E-state index in [2.05, 4.69) is 63.0 Å². The van der Waals surface area contributed by atoms with Gasteiger partial charge in [0.25, 0.3) is 0 Å². The van der Waals surface area contributed by atoms with Gasteiger partial charge in [0.05, 0.1) is 0 Å². The Labute approximate surface area is 121 Å². The lowest BCUT2D eigenvalue weighted by atomic mass is 9.98. The second-order valence-electron chi connectivity index (χ2n) is 4.26. The van der Waals surface area contributed by atoms with Crippen LogP contribution in [0.5, 0.6) is 0 Å². The molecule has 1 rings (SSSR count). The van der Waals surface area contributed by atoms with Crippen molar-refractivity contribution in [2.24, 2.45) is 5.92 Å². The number of alkyl halides is 1. The Morgan fingerprint density at radius 3 is 2.76 bits per heavy atom. The van der Waals surface area contributed by atoms with Gasteiger partial charge in [-0.2, -0.15) is 0 Å². The molecule has 1 nitrogen and oxygen atoms in total. The molecule has 1 atom stereocenters. The molecule has 0 aliphatic heterocycles. The minimum Gasteiger partial charge on any atom is -0.381 e. The minimum absolute atomic E-state index is 0.654. The highest BCUT2D eigenvalue weighted by atomic mass is 79.9. The van der Waals surface area contributed by atoms with E-state index in [4.69, 9.17) is 4.74 Å².